The SMILES string of the molecule is CSc1ccc(NC(=S)NC2CCN(c3ccnc4cc(Cl)ccc34)CC2)cc1.S=C(Nc1ccccc1)NC1CCN(c2ccnc3cc(Cl)ccc23)CC1. The molecule has 0 amide bonds. The van der Waals surface area contributed by atoms with E-state index >= 15 is 0 Å². The monoisotopic (exact) mass is 838 g/mol. The van der Waals surface area contributed by atoms with E-state index in [-0.39, 0.29) is 0 Å². The molecule has 0 atom stereocenters. The van der Waals surface area contributed by atoms with Gasteiger partial charge in [-0.3, -0.25) is 9.97 Å². The summed E-state index contributed by atoms with van der Waals surface area (Å²) in [6.07, 6.45) is 9.93. The standard InChI is InChI=1S/C22H23ClN4S2.C21H21ClN4S/c1-29-18-5-3-16(4-6-18)25-22(28)26-17-9-12-27(13-10-17)21-8-11-24-20-14-15(23)2-7-19(20)21;22-15-6-7-18-19(14-15)23-11-8-20(18)26-12-9-17(10-13-26)25-21(27)24-16-4-2-1-3-5-16/h2-8,11,14,17H,9-10,12-13H2,1H3,(H2,25,26,28);1-8,11,14,17H,9-10,12-13H2,(H2,24,25,27). The number of para-hydroxylation sites is 1. The predicted octanol–water partition coefficient (Wildman–Crippen LogP) is 10.4. The van der Waals surface area contributed by atoms with Crippen LogP contribution < -0.4 is 31.1 Å². The van der Waals surface area contributed by atoms with Gasteiger partial charge in [-0.05, 0) is 141 Å². The van der Waals surface area contributed by atoms with Crippen LogP contribution in [-0.4, -0.2) is 64.7 Å². The highest BCUT2D eigenvalue weighted by molar-refractivity contribution is 7.98. The van der Waals surface area contributed by atoms with Crippen LogP contribution in [0.1, 0.15) is 25.7 Å². The van der Waals surface area contributed by atoms with Gasteiger partial charge in [0.15, 0.2) is 10.2 Å². The van der Waals surface area contributed by atoms with Crippen molar-refractivity contribution in [3.8, 4) is 0 Å². The first-order chi connectivity index (χ1) is 27.3. The number of thioether (sulfide) groups is 1. The highest BCUT2D eigenvalue weighted by atomic mass is 35.5. The Morgan fingerprint density at radius 2 is 1.05 bits per heavy atom. The van der Waals surface area contributed by atoms with Gasteiger partial charge >= 0.3 is 0 Å². The minimum atomic E-state index is 0.374. The molecule has 2 aliphatic heterocycles. The average Bonchev–Trinajstić information content (AvgIpc) is 3.21. The molecule has 0 saturated carbocycles. The third-order valence-electron chi connectivity index (χ3n) is 10.1. The first-order valence-electron chi connectivity index (χ1n) is 18.7. The second kappa shape index (κ2) is 19.2. The Labute approximate surface area is 353 Å². The van der Waals surface area contributed by atoms with Gasteiger partial charge in [-0.25, -0.2) is 0 Å². The summed E-state index contributed by atoms with van der Waals surface area (Å²) >= 11 is 24.9. The molecule has 2 aliphatic rings. The lowest BCUT2D eigenvalue weighted by Crippen LogP contribution is -2.46. The van der Waals surface area contributed by atoms with Crippen LogP contribution in [0.3, 0.4) is 0 Å². The van der Waals surface area contributed by atoms with Crippen LogP contribution in [0.2, 0.25) is 10.0 Å². The fourth-order valence-electron chi connectivity index (χ4n) is 7.19. The van der Waals surface area contributed by atoms with Crippen molar-refractivity contribution in [2.24, 2.45) is 0 Å². The van der Waals surface area contributed by atoms with Gasteiger partial charge < -0.3 is 31.1 Å². The maximum atomic E-state index is 6.12. The average molecular weight is 840 g/mol. The Morgan fingerprint density at radius 3 is 1.50 bits per heavy atom. The number of nitrogens with zero attached hydrogens (tertiary/aromatic N) is 4. The molecule has 6 aromatic rings. The van der Waals surface area contributed by atoms with Gasteiger partial charge in [0, 0.05) is 99.1 Å². The molecule has 4 N–H and O–H groups in total. The van der Waals surface area contributed by atoms with E-state index in [1.54, 1.807) is 11.8 Å². The Morgan fingerprint density at radius 1 is 0.607 bits per heavy atom. The van der Waals surface area contributed by atoms with Crippen LogP contribution in [0.25, 0.3) is 21.8 Å². The van der Waals surface area contributed by atoms with Gasteiger partial charge in [0.2, 0.25) is 0 Å². The zero-order valence-electron chi connectivity index (χ0n) is 31.1. The summed E-state index contributed by atoms with van der Waals surface area (Å²) < 4.78 is 0. The first-order valence-corrected chi connectivity index (χ1v) is 21.5. The van der Waals surface area contributed by atoms with Gasteiger partial charge in [-0.15, -0.1) is 11.8 Å². The summed E-state index contributed by atoms with van der Waals surface area (Å²) in [4.78, 5) is 15.0. The van der Waals surface area contributed by atoms with Crippen molar-refractivity contribution in [3.05, 3.63) is 126 Å². The number of hydrogen-bond acceptors (Lipinski definition) is 7. The van der Waals surface area contributed by atoms with E-state index in [1.165, 1.54) is 16.3 Å². The number of thiocarbonyl (C=S) groups is 2. The zero-order valence-corrected chi connectivity index (χ0v) is 35.0. The highest BCUT2D eigenvalue weighted by Crippen LogP contribution is 2.31. The predicted molar refractivity (Wildman–Crippen MR) is 247 cm³/mol. The van der Waals surface area contributed by atoms with Crippen molar-refractivity contribution in [2.45, 2.75) is 42.7 Å². The van der Waals surface area contributed by atoms with Crippen molar-refractivity contribution >= 4 is 114 Å². The molecule has 0 spiro atoms. The van der Waals surface area contributed by atoms with Crippen LogP contribution in [0.5, 0.6) is 0 Å². The summed E-state index contributed by atoms with van der Waals surface area (Å²) in [5, 5.41) is 18.6. The third-order valence-corrected chi connectivity index (χ3v) is 11.7. The molecule has 2 saturated heterocycles. The summed E-state index contributed by atoms with van der Waals surface area (Å²) in [7, 11) is 0. The van der Waals surface area contributed by atoms with Crippen molar-refractivity contribution in [1.29, 1.82) is 0 Å². The number of hydrogen-bond donors (Lipinski definition) is 4. The lowest BCUT2D eigenvalue weighted by Gasteiger charge is -2.35. The summed E-state index contributed by atoms with van der Waals surface area (Å²) in [6, 6.07) is 35.1. The highest BCUT2D eigenvalue weighted by Gasteiger charge is 2.23. The van der Waals surface area contributed by atoms with Crippen molar-refractivity contribution in [3.63, 3.8) is 0 Å². The number of fused-ring (bicyclic) bond motifs is 2. The summed E-state index contributed by atoms with van der Waals surface area (Å²) in [5.74, 6) is 0. The van der Waals surface area contributed by atoms with Gasteiger partial charge in [0.1, 0.15) is 0 Å². The smallest absolute Gasteiger partial charge is 0.170 e. The summed E-state index contributed by atoms with van der Waals surface area (Å²) in [6.45, 7) is 3.91. The minimum Gasteiger partial charge on any atom is -0.371 e. The molecule has 13 heteroatoms. The Balaban J connectivity index is 0.000000172. The van der Waals surface area contributed by atoms with Gasteiger partial charge in [0.05, 0.1) is 11.0 Å². The maximum absolute atomic E-state index is 6.12. The van der Waals surface area contributed by atoms with Crippen molar-refractivity contribution in [2.75, 3.05) is 52.9 Å². The van der Waals surface area contributed by atoms with E-state index in [0.717, 1.165) is 90.1 Å². The number of aromatic nitrogens is 2. The third kappa shape index (κ3) is 10.5. The molecule has 0 aliphatic carbocycles. The molecule has 0 radical (unpaired) electrons. The molecule has 2 aromatic heterocycles. The van der Waals surface area contributed by atoms with E-state index in [0.29, 0.717) is 27.3 Å². The largest absolute Gasteiger partial charge is 0.371 e. The van der Waals surface area contributed by atoms with Crippen molar-refractivity contribution in [1.82, 2.24) is 20.6 Å². The zero-order chi connectivity index (χ0) is 38.9. The minimum absolute atomic E-state index is 0.374. The van der Waals surface area contributed by atoms with Crippen molar-refractivity contribution < 1.29 is 0 Å². The number of halogens is 2. The summed E-state index contributed by atoms with van der Waals surface area (Å²) in [5.41, 5.74) is 6.34. The van der Waals surface area contributed by atoms with Crippen LogP contribution in [0.15, 0.2) is 120 Å². The molecule has 0 bridgehead atoms. The molecule has 0 unspecified atom stereocenters. The van der Waals surface area contributed by atoms with Gasteiger partial charge in [-0.1, -0.05) is 41.4 Å². The van der Waals surface area contributed by atoms with E-state index in [2.05, 4.69) is 95.8 Å². The molecule has 4 aromatic carbocycles. The van der Waals surface area contributed by atoms with Crippen LogP contribution >= 0.6 is 59.4 Å². The lowest BCUT2D eigenvalue weighted by atomic mass is 10.0. The van der Waals surface area contributed by atoms with Crippen LogP contribution in [0, 0.1) is 0 Å². The quantitative estimate of drug-likeness (QED) is 0.0917. The van der Waals surface area contributed by atoms with Gasteiger partial charge in [0.25, 0.3) is 0 Å². The molecule has 8 nitrogen and oxygen atoms in total. The Bertz CT molecular complexity index is 2260. The number of benzene rings is 4. The molecular weight excluding hydrogens is 796 g/mol. The fourth-order valence-corrected chi connectivity index (χ4v) is 8.50. The fraction of sp³-hybridized carbons (Fsp3) is 0.256. The lowest BCUT2D eigenvalue weighted by molar-refractivity contribution is 0.468. The van der Waals surface area contributed by atoms with E-state index in [9.17, 15) is 0 Å². The number of nitrogens with one attached hydrogen (secondary N) is 4. The molecule has 4 heterocycles. The topological polar surface area (TPSA) is 80.4 Å². The number of pyridine rings is 2. The van der Waals surface area contributed by atoms with Gasteiger partial charge in [-0.2, -0.15) is 0 Å². The van der Waals surface area contributed by atoms with E-state index < -0.39 is 0 Å². The molecule has 288 valence electrons. The number of anilines is 4. The normalized spacial score (nSPS) is 14.8. The van der Waals surface area contributed by atoms with E-state index in [4.69, 9.17) is 47.6 Å². The van der Waals surface area contributed by atoms with Crippen LogP contribution in [-0.2, 0) is 0 Å². The first kappa shape index (κ1) is 39.8. The van der Waals surface area contributed by atoms with E-state index in [1.807, 2.05) is 67.0 Å². The number of rotatable bonds is 7. The molecule has 56 heavy (non-hydrogen) atoms. The Kier molecular flexibility index (Phi) is 13.6. The molecule has 2 fully saturated rings. The second-order valence-electron chi connectivity index (χ2n) is 13.8. The Hall–Kier alpha value is -4.39. The second-order valence-corrected chi connectivity index (χ2v) is 16.4. The van der Waals surface area contributed by atoms with Crippen LogP contribution in [0.4, 0.5) is 22.7 Å². The maximum Gasteiger partial charge on any atom is 0.170 e. The number of piperidine rings is 2. The molecular formula is C43H44Cl2N8S3. The molecule has 8 rings (SSSR count).